The van der Waals surface area contributed by atoms with Crippen LogP contribution < -0.4 is 11.2 Å². The SMILES string of the molecule is CCCCCCCCCCCCSC(CCCCCCC)C(C)OCCCOP(=O)(O)OC(F)[C@H]1O[C@@H](n2ccc(=O)[nH]c2=O)[C@H](O)[C@@H]1O. The summed E-state index contributed by atoms with van der Waals surface area (Å²) in [6, 6.07) is 0.980. The molecule has 2 heterocycles. The first kappa shape index (κ1) is 44.1. The largest absolute Gasteiger partial charge is 0.474 e. The summed E-state index contributed by atoms with van der Waals surface area (Å²) in [5.41, 5.74) is -1.66. The second-order valence-corrected chi connectivity index (χ2v) is 15.7. The first-order valence-corrected chi connectivity index (χ1v) is 20.9. The highest BCUT2D eigenvalue weighted by Gasteiger charge is 2.50. The average molecular weight is 741 g/mol. The number of nitrogens with zero attached hydrogens (tertiary/aromatic N) is 1. The van der Waals surface area contributed by atoms with Gasteiger partial charge < -0.3 is 24.6 Å². The molecular weight excluding hydrogens is 678 g/mol. The van der Waals surface area contributed by atoms with Gasteiger partial charge in [0.2, 0.25) is 6.36 Å². The van der Waals surface area contributed by atoms with Gasteiger partial charge in [0.1, 0.15) is 18.3 Å². The van der Waals surface area contributed by atoms with Crippen LogP contribution in [0.25, 0.3) is 0 Å². The number of aliphatic hydroxyl groups is 2. The third-order valence-corrected chi connectivity index (χ3v) is 11.3. The standard InChI is InChI=1S/C34H62FN2O10PS/c1-4-6-8-10-11-12-13-14-16-18-25-49-27(20-17-15-9-7-5-2)26(3)44-23-19-24-45-48(42,43)47-32(35)31-29(39)30(40)33(46-31)37-22-21-28(38)36-34(37)41/h21-22,26-27,29-33,39-40H,4-20,23-25H2,1-3H3,(H,42,43)(H,36,38,41)/t26?,27?,29-,30+,31-,32?,33+/m0/s1. The number of phosphoric ester groups is 1. The Hall–Kier alpha value is -1.09. The van der Waals surface area contributed by atoms with Crippen molar-refractivity contribution in [3.8, 4) is 0 Å². The first-order valence-electron chi connectivity index (χ1n) is 18.4. The molecule has 0 radical (unpaired) electrons. The minimum atomic E-state index is -4.92. The smallest absolute Gasteiger partial charge is 0.387 e. The van der Waals surface area contributed by atoms with Crippen LogP contribution in [0.1, 0.15) is 136 Å². The Morgan fingerprint density at radius 2 is 1.51 bits per heavy atom. The van der Waals surface area contributed by atoms with E-state index in [2.05, 4.69) is 25.3 Å². The van der Waals surface area contributed by atoms with Gasteiger partial charge in [-0.15, -0.1) is 0 Å². The molecule has 15 heteroatoms. The maximum atomic E-state index is 14.9. The van der Waals surface area contributed by atoms with Gasteiger partial charge in [0, 0.05) is 24.1 Å². The van der Waals surface area contributed by atoms with Gasteiger partial charge >= 0.3 is 13.5 Å². The van der Waals surface area contributed by atoms with E-state index in [0.29, 0.717) is 5.25 Å². The van der Waals surface area contributed by atoms with Crippen LogP contribution in [-0.2, 0) is 23.1 Å². The van der Waals surface area contributed by atoms with Crippen molar-refractivity contribution < 1.29 is 42.6 Å². The number of unbranched alkanes of at least 4 members (excludes halogenated alkanes) is 13. The molecule has 2 rings (SSSR count). The van der Waals surface area contributed by atoms with Crippen LogP contribution in [-0.4, -0.2) is 79.6 Å². The van der Waals surface area contributed by atoms with E-state index in [9.17, 15) is 33.7 Å². The number of aromatic nitrogens is 2. The fourth-order valence-corrected chi connectivity index (χ4v) is 7.97. The number of rotatable bonds is 29. The molecule has 0 spiro atoms. The Labute approximate surface area is 295 Å². The molecule has 0 saturated carbocycles. The summed E-state index contributed by atoms with van der Waals surface area (Å²) < 4.78 is 48.9. The lowest BCUT2D eigenvalue weighted by Crippen LogP contribution is -2.38. The number of halogens is 1. The zero-order valence-corrected chi connectivity index (χ0v) is 31.4. The molecule has 8 atom stereocenters. The van der Waals surface area contributed by atoms with Crippen LogP contribution in [0.3, 0.4) is 0 Å². The van der Waals surface area contributed by atoms with Gasteiger partial charge in [-0.3, -0.25) is 18.9 Å². The number of H-pyrrole nitrogens is 1. The van der Waals surface area contributed by atoms with Gasteiger partial charge in [0.25, 0.3) is 5.56 Å². The molecule has 1 aliphatic rings. The van der Waals surface area contributed by atoms with Gasteiger partial charge in [-0.1, -0.05) is 104 Å². The van der Waals surface area contributed by atoms with Gasteiger partial charge in [-0.05, 0) is 31.9 Å². The number of phosphoric acid groups is 1. The van der Waals surface area contributed by atoms with E-state index in [1.807, 2.05) is 16.7 Å². The second-order valence-electron chi connectivity index (χ2n) is 13.0. The van der Waals surface area contributed by atoms with Crippen molar-refractivity contribution in [2.24, 2.45) is 0 Å². The molecule has 286 valence electrons. The minimum absolute atomic E-state index is 0.0120. The molecule has 0 aromatic carbocycles. The van der Waals surface area contributed by atoms with E-state index in [0.717, 1.165) is 35.4 Å². The maximum Gasteiger partial charge on any atom is 0.474 e. The van der Waals surface area contributed by atoms with Gasteiger partial charge in [0.15, 0.2) is 6.23 Å². The summed E-state index contributed by atoms with van der Waals surface area (Å²) in [7, 11) is -4.92. The third-order valence-electron chi connectivity index (χ3n) is 8.76. The average Bonchev–Trinajstić information content (AvgIpc) is 3.35. The molecule has 0 aliphatic carbocycles. The fourth-order valence-electron chi connectivity index (χ4n) is 5.82. The van der Waals surface area contributed by atoms with Crippen LogP contribution in [0.15, 0.2) is 21.9 Å². The van der Waals surface area contributed by atoms with Crippen molar-refractivity contribution in [1.82, 2.24) is 9.55 Å². The molecule has 0 amide bonds. The van der Waals surface area contributed by atoms with Crippen molar-refractivity contribution in [1.29, 1.82) is 0 Å². The lowest BCUT2D eigenvalue weighted by atomic mass is 10.1. The van der Waals surface area contributed by atoms with Crippen LogP contribution in [0, 0.1) is 0 Å². The van der Waals surface area contributed by atoms with E-state index >= 15 is 0 Å². The zero-order chi connectivity index (χ0) is 36.1. The number of hydrogen-bond acceptors (Lipinski definition) is 10. The van der Waals surface area contributed by atoms with Crippen molar-refractivity contribution in [3.05, 3.63) is 33.1 Å². The number of thioether (sulfide) groups is 1. The number of aromatic amines is 1. The summed E-state index contributed by atoms with van der Waals surface area (Å²) in [5.74, 6) is 1.10. The summed E-state index contributed by atoms with van der Waals surface area (Å²) >= 11 is 1.97. The Balaban J connectivity index is 1.72. The molecule has 1 aromatic heterocycles. The highest BCUT2D eigenvalue weighted by molar-refractivity contribution is 7.99. The molecule has 1 fully saturated rings. The molecule has 1 aliphatic heterocycles. The van der Waals surface area contributed by atoms with E-state index in [1.54, 1.807) is 0 Å². The lowest BCUT2D eigenvalue weighted by molar-refractivity contribution is -0.128. The Bertz CT molecular complexity index is 1180. The lowest BCUT2D eigenvalue weighted by Gasteiger charge is -2.24. The summed E-state index contributed by atoms with van der Waals surface area (Å²) in [6.07, 6.45) is 11.6. The molecule has 4 unspecified atom stereocenters. The van der Waals surface area contributed by atoms with Gasteiger partial charge in [0.05, 0.1) is 12.7 Å². The van der Waals surface area contributed by atoms with Gasteiger partial charge in [-0.25, -0.2) is 18.3 Å². The Kier molecular flexibility index (Phi) is 22.5. The third kappa shape index (κ3) is 17.3. The number of alkyl halides is 1. The van der Waals surface area contributed by atoms with Gasteiger partial charge in [-0.2, -0.15) is 11.8 Å². The highest BCUT2D eigenvalue weighted by atomic mass is 32.2. The van der Waals surface area contributed by atoms with E-state index in [-0.39, 0.29) is 25.7 Å². The quantitative estimate of drug-likeness (QED) is 0.0506. The maximum absolute atomic E-state index is 14.9. The van der Waals surface area contributed by atoms with E-state index < -0.39 is 50.0 Å². The highest BCUT2D eigenvalue weighted by Crippen LogP contribution is 2.47. The van der Waals surface area contributed by atoms with Crippen molar-refractivity contribution in [2.75, 3.05) is 19.0 Å². The number of ether oxygens (including phenoxy) is 2. The molecule has 4 N–H and O–H groups in total. The zero-order valence-electron chi connectivity index (χ0n) is 29.7. The molecular formula is C34H62FN2O10PS. The Morgan fingerprint density at radius 3 is 2.12 bits per heavy atom. The number of aliphatic hydroxyl groups excluding tert-OH is 2. The number of hydrogen-bond donors (Lipinski definition) is 4. The van der Waals surface area contributed by atoms with Crippen molar-refractivity contribution in [3.63, 3.8) is 0 Å². The van der Waals surface area contributed by atoms with E-state index in [4.69, 9.17) is 14.0 Å². The monoisotopic (exact) mass is 740 g/mol. The van der Waals surface area contributed by atoms with Crippen LogP contribution in [0.5, 0.6) is 0 Å². The number of nitrogens with one attached hydrogen (secondary N) is 1. The minimum Gasteiger partial charge on any atom is -0.387 e. The Morgan fingerprint density at radius 1 is 0.918 bits per heavy atom. The molecule has 1 saturated heterocycles. The van der Waals surface area contributed by atoms with Crippen molar-refractivity contribution >= 4 is 19.6 Å². The molecule has 12 nitrogen and oxygen atoms in total. The van der Waals surface area contributed by atoms with E-state index in [1.165, 1.54) is 89.9 Å². The normalized spacial score (nSPS) is 22.6. The summed E-state index contributed by atoms with van der Waals surface area (Å²) in [4.78, 5) is 35.4. The molecule has 1 aromatic rings. The first-order chi connectivity index (χ1) is 23.5. The van der Waals surface area contributed by atoms with Crippen LogP contribution in [0.2, 0.25) is 0 Å². The molecule has 0 bridgehead atoms. The van der Waals surface area contributed by atoms with Crippen LogP contribution in [0.4, 0.5) is 4.39 Å². The van der Waals surface area contributed by atoms with Crippen LogP contribution >= 0.6 is 19.6 Å². The molecule has 49 heavy (non-hydrogen) atoms. The second kappa shape index (κ2) is 25.0. The predicted molar refractivity (Wildman–Crippen MR) is 191 cm³/mol. The fraction of sp³-hybridized carbons (Fsp3) is 0.882. The summed E-state index contributed by atoms with van der Waals surface area (Å²) in [6.45, 7) is 6.55. The topological polar surface area (TPSA) is 170 Å². The van der Waals surface area contributed by atoms with Crippen molar-refractivity contribution in [2.45, 2.75) is 172 Å². The predicted octanol–water partition coefficient (Wildman–Crippen LogP) is 6.76. The summed E-state index contributed by atoms with van der Waals surface area (Å²) in [5, 5.41) is 20.9.